The number of carbonyl (C=O) groups is 1. The second-order valence-corrected chi connectivity index (χ2v) is 7.18. The molecule has 1 aliphatic heterocycles. The largest absolute Gasteiger partial charge is 0.339 e. The molecule has 1 aromatic carbocycles. The van der Waals surface area contributed by atoms with Crippen molar-refractivity contribution >= 4 is 35.1 Å². The minimum atomic E-state index is -0.0134. The molecule has 0 radical (unpaired) electrons. The lowest BCUT2D eigenvalue weighted by Crippen LogP contribution is -2.49. The number of halogens is 2. The quantitative estimate of drug-likeness (QED) is 0.631. The summed E-state index contributed by atoms with van der Waals surface area (Å²) in [5.41, 5.74) is 1.91. The third-order valence-electron chi connectivity index (χ3n) is 4.56. The van der Waals surface area contributed by atoms with E-state index < -0.39 is 0 Å². The fraction of sp³-hybridized carbons (Fsp3) is 0.353. The average molecular weight is 423 g/mol. The number of amides is 1. The first-order chi connectivity index (χ1) is 13.5. The number of piperazine rings is 1. The Balaban J connectivity index is 1.37. The number of rotatable bonds is 4. The monoisotopic (exact) mass is 422 g/mol. The topological polar surface area (TPSA) is 101 Å². The summed E-state index contributed by atoms with van der Waals surface area (Å²) in [6.07, 6.45) is 0.178. The molecule has 4 rings (SSSR count). The van der Waals surface area contributed by atoms with Crippen molar-refractivity contribution in [3.63, 3.8) is 0 Å². The Morgan fingerprint density at radius 1 is 1.11 bits per heavy atom. The molecule has 1 amide bonds. The number of aromatic nitrogens is 4. The van der Waals surface area contributed by atoms with Crippen LogP contribution in [0.3, 0.4) is 0 Å². The van der Waals surface area contributed by atoms with E-state index in [1.54, 1.807) is 30.0 Å². The predicted molar refractivity (Wildman–Crippen MR) is 101 cm³/mol. The summed E-state index contributed by atoms with van der Waals surface area (Å²) in [6, 6.07) is 5.56. The minimum Gasteiger partial charge on any atom is -0.339 e. The highest BCUT2D eigenvalue weighted by molar-refractivity contribution is 6.42. The van der Waals surface area contributed by atoms with Crippen LogP contribution in [0.4, 0.5) is 6.01 Å². The summed E-state index contributed by atoms with van der Waals surface area (Å²) in [7, 11) is 0. The average Bonchev–Trinajstić information content (AvgIpc) is 3.34. The summed E-state index contributed by atoms with van der Waals surface area (Å²) in [5.74, 6) is 0.418. The second-order valence-electron chi connectivity index (χ2n) is 6.37. The highest BCUT2D eigenvalue weighted by Crippen LogP contribution is 2.28. The van der Waals surface area contributed by atoms with E-state index in [4.69, 9.17) is 27.7 Å². The molecule has 1 aliphatic rings. The van der Waals surface area contributed by atoms with E-state index in [1.807, 2.05) is 4.90 Å². The maximum absolute atomic E-state index is 12.4. The molecule has 0 saturated carbocycles. The van der Waals surface area contributed by atoms with Gasteiger partial charge < -0.3 is 14.3 Å². The van der Waals surface area contributed by atoms with Gasteiger partial charge in [0.15, 0.2) is 0 Å². The molecule has 0 atom stereocenters. The summed E-state index contributed by atoms with van der Waals surface area (Å²) in [5, 5.41) is 12.4. The zero-order chi connectivity index (χ0) is 19.7. The summed E-state index contributed by atoms with van der Waals surface area (Å²) >= 11 is 12.0. The SMILES string of the molecule is Cc1nonc1CC(=O)N1CCN(c2nc(-c3ccc(Cl)c(Cl)c3)no2)CC1. The molecule has 3 aromatic rings. The normalized spacial score (nSPS) is 14.5. The van der Waals surface area contributed by atoms with Gasteiger partial charge in [0.1, 0.15) is 11.4 Å². The van der Waals surface area contributed by atoms with Crippen molar-refractivity contribution in [3.8, 4) is 11.4 Å². The fourth-order valence-corrected chi connectivity index (χ4v) is 3.21. The summed E-state index contributed by atoms with van der Waals surface area (Å²) in [4.78, 5) is 20.6. The fourth-order valence-electron chi connectivity index (χ4n) is 2.91. The number of aryl methyl sites for hydroxylation is 1. The van der Waals surface area contributed by atoms with Crippen LogP contribution in [0.15, 0.2) is 27.4 Å². The van der Waals surface area contributed by atoms with Gasteiger partial charge in [0.25, 0.3) is 0 Å². The number of anilines is 1. The van der Waals surface area contributed by atoms with Crippen LogP contribution >= 0.6 is 23.2 Å². The van der Waals surface area contributed by atoms with Gasteiger partial charge in [-0.2, -0.15) is 4.98 Å². The number of carbonyl (C=O) groups excluding carboxylic acids is 1. The number of nitrogens with zero attached hydrogens (tertiary/aromatic N) is 6. The lowest BCUT2D eigenvalue weighted by atomic mass is 10.2. The lowest BCUT2D eigenvalue weighted by molar-refractivity contribution is -0.130. The molecule has 0 aliphatic carbocycles. The zero-order valence-electron chi connectivity index (χ0n) is 14.9. The van der Waals surface area contributed by atoms with Gasteiger partial charge in [-0.05, 0) is 25.1 Å². The van der Waals surface area contributed by atoms with E-state index in [9.17, 15) is 4.79 Å². The molecule has 0 unspecified atom stereocenters. The first-order valence-electron chi connectivity index (χ1n) is 8.61. The van der Waals surface area contributed by atoms with Crippen LogP contribution < -0.4 is 4.90 Å². The van der Waals surface area contributed by atoms with Crippen LogP contribution in [0.25, 0.3) is 11.4 Å². The van der Waals surface area contributed by atoms with Crippen molar-refractivity contribution < 1.29 is 13.9 Å². The predicted octanol–water partition coefficient (Wildman–Crippen LogP) is 2.63. The number of hydrogen-bond acceptors (Lipinski definition) is 8. The van der Waals surface area contributed by atoms with Crippen LogP contribution in [0.1, 0.15) is 11.4 Å². The maximum atomic E-state index is 12.4. The molecule has 1 fully saturated rings. The molecule has 3 heterocycles. The molecule has 0 N–H and O–H groups in total. The first-order valence-corrected chi connectivity index (χ1v) is 9.37. The number of hydrogen-bond donors (Lipinski definition) is 0. The Hall–Kier alpha value is -2.65. The molecule has 146 valence electrons. The van der Waals surface area contributed by atoms with E-state index in [2.05, 4.69) is 25.1 Å². The third kappa shape index (κ3) is 3.81. The Labute approximate surface area is 170 Å². The smallest absolute Gasteiger partial charge is 0.324 e. The van der Waals surface area contributed by atoms with E-state index in [1.165, 1.54) is 0 Å². The van der Waals surface area contributed by atoms with Gasteiger partial charge in [0.05, 0.1) is 16.5 Å². The highest BCUT2D eigenvalue weighted by Gasteiger charge is 2.25. The van der Waals surface area contributed by atoms with E-state index in [-0.39, 0.29) is 12.3 Å². The molecule has 0 bridgehead atoms. The molecule has 2 aromatic heterocycles. The second kappa shape index (κ2) is 7.76. The maximum Gasteiger partial charge on any atom is 0.324 e. The Bertz CT molecular complexity index is 996. The Morgan fingerprint density at radius 3 is 2.57 bits per heavy atom. The molecular formula is C17H16Cl2N6O3. The summed E-state index contributed by atoms with van der Waals surface area (Å²) < 4.78 is 10.0. The van der Waals surface area contributed by atoms with E-state index in [0.717, 1.165) is 5.56 Å². The van der Waals surface area contributed by atoms with Gasteiger partial charge >= 0.3 is 6.01 Å². The first kappa shape index (κ1) is 18.7. The van der Waals surface area contributed by atoms with Crippen molar-refractivity contribution in [2.75, 3.05) is 31.1 Å². The Kier molecular flexibility index (Phi) is 5.19. The van der Waals surface area contributed by atoms with Crippen LogP contribution in [0.5, 0.6) is 0 Å². The van der Waals surface area contributed by atoms with E-state index >= 15 is 0 Å². The van der Waals surface area contributed by atoms with E-state index in [0.29, 0.717) is 59.5 Å². The van der Waals surface area contributed by atoms with Crippen molar-refractivity contribution in [2.45, 2.75) is 13.3 Å². The van der Waals surface area contributed by atoms with Gasteiger partial charge in [0, 0.05) is 31.7 Å². The van der Waals surface area contributed by atoms with Crippen molar-refractivity contribution in [1.82, 2.24) is 25.4 Å². The third-order valence-corrected chi connectivity index (χ3v) is 5.30. The van der Waals surface area contributed by atoms with Crippen molar-refractivity contribution in [2.24, 2.45) is 0 Å². The van der Waals surface area contributed by atoms with Crippen molar-refractivity contribution in [3.05, 3.63) is 39.6 Å². The highest BCUT2D eigenvalue weighted by atomic mass is 35.5. The van der Waals surface area contributed by atoms with Gasteiger partial charge in [0.2, 0.25) is 11.7 Å². The zero-order valence-corrected chi connectivity index (χ0v) is 16.4. The van der Waals surface area contributed by atoms with Crippen LogP contribution in [-0.2, 0) is 11.2 Å². The lowest BCUT2D eigenvalue weighted by Gasteiger charge is -2.33. The van der Waals surface area contributed by atoms with Crippen LogP contribution in [0, 0.1) is 6.92 Å². The van der Waals surface area contributed by atoms with Crippen LogP contribution in [0.2, 0.25) is 10.0 Å². The summed E-state index contributed by atoms with van der Waals surface area (Å²) in [6.45, 7) is 4.04. The molecule has 9 nitrogen and oxygen atoms in total. The Morgan fingerprint density at radius 2 is 1.89 bits per heavy atom. The van der Waals surface area contributed by atoms with Gasteiger partial charge in [-0.15, -0.1) is 0 Å². The molecule has 1 saturated heterocycles. The van der Waals surface area contributed by atoms with Gasteiger partial charge in [-0.1, -0.05) is 38.7 Å². The number of benzene rings is 1. The van der Waals surface area contributed by atoms with Gasteiger partial charge in [-0.25, -0.2) is 4.63 Å². The molecule has 11 heteroatoms. The molecular weight excluding hydrogens is 407 g/mol. The van der Waals surface area contributed by atoms with Crippen LogP contribution in [-0.4, -0.2) is 57.4 Å². The minimum absolute atomic E-state index is 0.0134. The molecule has 0 spiro atoms. The van der Waals surface area contributed by atoms with Crippen molar-refractivity contribution in [1.29, 1.82) is 0 Å². The molecule has 28 heavy (non-hydrogen) atoms. The standard InChI is InChI=1S/C17H16Cl2N6O3/c1-10-14(22-28-21-10)9-15(26)24-4-6-25(7-5-24)17-20-16(23-27-17)11-2-3-12(18)13(19)8-11/h2-3,8H,4-7,9H2,1H3. The van der Waals surface area contributed by atoms with Gasteiger partial charge in [-0.3, -0.25) is 4.79 Å².